The Hall–Kier alpha value is -1.11. The number of hydrogen-bond acceptors (Lipinski definition) is 4. The number of piperazine rings is 1. The lowest BCUT2D eigenvalue weighted by molar-refractivity contribution is 0.0171. The predicted octanol–water partition coefficient (Wildman–Crippen LogP) is 0.133. The molecule has 6 heteroatoms. The normalized spacial score (nSPS) is 23.1. The second kappa shape index (κ2) is 8.51. The minimum Gasteiger partial charge on any atom is -0.376 e. The Morgan fingerprint density at radius 1 is 1.14 bits per heavy atom. The van der Waals surface area contributed by atoms with Crippen LogP contribution in [0.4, 0.5) is 10.4 Å². The number of morpholine rings is 1. The first-order valence-electron chi connectivity index (χ1n) is 7.96. The minimum absolute atomic E-state index is 0. The molecule has 2 heterocycles. The average molecular weight is 305 g/mol. The first kappa shape index (κ1) is 17.3. The summed E-state index contributed by atoms with van der Waals surface area (Å²) >= 11 is 0. The van der Waals surface area contributed by atoms with Crippen molar-refractivity contribution in [2.45, 2.75) is 12.5 Å². The van der Waals surface area contributed by atoms with Crippen molar-refractivity contribution in [2.75, 3.05) is 57.3 Å². The number of rotatable bonds is 4. The predicted molar refractivity (Wildman–Crippen MR) is 90.2 cm³/mol. The van der Waals surface area contributed by atoms with Gasteiger partial charge in [0.1, 0.15) is 7.85 Å². The third kappa shape index (κ3) is 4.70. The van der Waals surface area contributed by atoms with E-state index in [1.807, 2.05) is 12.1 Å². The molecule has 2 radical (unpaired) electrons. The highest BCUT2D eigenvalue weighted by molar-refractivity contribution is 6.32. The lowest BCUT2D eigenvalue weighted by Crippen LogP contribution is -2.48. The molecule has 0 aromatic heterocycles. The van der Waals surface area contributed by atoms with Crippen molar-refractivity contribution < 1.29 is 9.44 Å². The molecule has 0 amide bonds. The zero-order valence-corrected chi connectivity index (χ0v) is 13.0. The van der Waals surface area contributed by atoms with E-state index in [2.05, 4.69) is 27.2 Å². The van der Waals surface area contributed by atoms with Gasteiger partial charge >= 0.3 is 0 Å². The molecule has 1 atom stereocenters. The van der Waals surface area contributed by atoms with E-state index in [1.165, 1.54) is 5.69 Å². The molecule has 1 unspecified atom stereocenters. The van der Waals surface area contributed by atoms with Gasteiger partial charge in [-0.05, 0) is 18.6 Å². The SMILES string of the molecule is F.[B]c1ccc(N2CCN(CCC3CNCCO3)CC2)cc1. The quantitative estimate of drug-likeness (QED) is 0.801. The van der Waals surface area contributed by atoms with Gasteiger partial charge in [-0.15, -0.1) is 0 Å². The van der Waals surface area contributed by atoms with Crippen LogP contribution < -0.4 is 15.7 Å². The minimum atomic E-state index is 0. The van der Waals surface area contributed by atoms with Crippen LogP contribution in [0.1, 0.15) is 6.42 Å². The van der Waals surface area contributed by atoms with Crippen LogP contribution in [0.25, 0.3) is 0 Å². The molecule has 0 spiro atoms. The maximum atomic E-state index is 5.76. The third-order valence-corrected chi connectivity index (χ3v) is 4.40. The number of halogens is 1. The van der Waals surface area contributed by atoms with Crippen LogP contribution in [0.3, 0.4) is 0 Å². The molecule has 1 N–H and O–H groups in total. The zero-order valence-electron chi connectivity index (χ0n) is 13.0. The molecule has 1 aromatic rings. The Balaban J connectivity index is 0.00000176. The average Bonchev–Trinajstić information content (AvgIpc) is 2.55. The molecule has 120 valence electrons. The van der Waals surface area contributed by atoms with Gasteiger partial charge in [0.2, 0.25) is 0 Å². The summed E-state index contributed by atoms with van der Waals surface area (Å²) < 4.78 is 5.76. The number of nitrogens with one attached hydrogen (secondary N) is 1. The van der Waals surface area contributed by atoms with E-state index >= 15 is 0 Å². The monoisotopic (exact) mass is 305 g/mol. The van der Waals surface area contributed by atoms with Crippen LogP contribution in [0.5, 0.6) is 0 Å². The summed E-state index contributed by atoms with van der Waals surface area (Å²) in [6.45, 7) is 8.44. The van der Waals surface area contributed by atoms with Crippen LogP contribution in [0, 0.1) is 0 Å². The summed E-state index contributed by atoms with van der Waals surface area (Å²) in [5.74, 6) is 0. The molecule has 0 bridgehead atoms. The van der Waals surface area contributed by atoms with Crippen LogP contribution in [0.15, 0.2) is 24.3 Å². The lowest BCUT2D eigenvalue weighted by atomic mass is 9.96. The summed E-state index contributed by atoms with van der Waals surface area (Å²) in [4.78, 5) is 4.99. The number of anilines is 1. The van der Waals surface area contributed by atoms with Gasteiger partial charge in [0.25, 0.3) is 0 Å². The van der Waals surface area contributed by atoms with E-state index in [0.717, 1.165) is 64.3 Å². The van der Waals surface area contributed by atoms with E-state index in [9.17, 15) is 0 Å². The summed E-state index contributed by atoms with van der Waals surface area (Å²) in [5.41, 5.74) is 2.11. The second-order valence-electron chi connectivity index (χ2n) is 5.91. The lowest BCUT2D eigenvalue weighted by Gasteiger charge is -2.37. The van der Waals surface area contributed by atoms with Crippen molar-refractivity contribution in [3.8, 4) is 0 Å². The molecule has 2 saturated heterocycles. The first-order chi connectivity index (χ1) is 10.3. The van der Waals surface area contributed by atoms with Gasteiger partial charge < -0.3 is 15.0 Å². The topological polar surface area (TPSA) is 27.7 Å². The number of ether oxygens (including phenoxy) is 1. The molecule has 3 rings (SSSR count). The molecular formula is C16H25BFN3O. The summed E-state index contributed by atoms with van der Waals surface area (Å²) in [6.07, 6.45) is 1.53. The van der Waals surface area contributed by atoms with Crippen molar-refractivity contribution in [3.63, 3.8) is 0 Å². The Morgan fingerprint density at radius 2 is 1.86 bits per heavy atom. The highest BCUT2D eigenvalue weighted by Gasteiger charge is 2.19. The van der Waals surface area contributed by atoms with Crippen LogP contribution in [-0.4, -0.2) is 71.3 Å². The highest BCUT2D eigenvalue weighted by atomic mass is 19.0. The van der Waals surface area contributed by atoms with Gasteiger partial charge in [-0.2, -0.15) is 0 Å². The molecule has 4 nitrogen and oxygen atoms in total. The van der Waals surface area contributed by atoms with Gasteiger partial charge in [-0.25, -0.2) is 0 Å². The first-order valence-corrected chi connectivity index (χ1v) is 7.96. The Labute approximate surface area is 133 Å². The van der Waals surface area contributed by atoms with Crippen molar-refractivity contribution in [1.82, 2.24) is 10.2 Å². The van der Waals surface area contributed by atoms with Gasteiger partial charge in [-0.1, -0.05) is 17.6 Å². The molecular weight excluding hydrogens is 280 g/mol. The molecule has 0 aliphatic carbocycles. The maximum Gasteiger partial charge on any atom is 0.113 e. The van der Waals surface area contributed by atoms with Crippen LogP contribution >= 0.6 is 0 Å². The van der Waals surface area contributed by atoms with Crippen molar-refractivity contribution >= 4 is 19.0 Å². The largest absolute Gasteiger partial charge is 0.376 e. The summed E-state index contributed by atoms with van der Waals surface area (Å²) in [6, 6.07) is 8.20. The summed E-state index contributed by atoms with van der Waals surface area (Å²) in [7, 11) is 5.74. The Kier molecular flexibility index (Phi) is 6.67. The summed E-state index contributed by atoms with van der Waals surface area (Å²) in [5, 5.41) is 3.39. The van der Waals surface area contributed by atoms with Gasteiger partial charge in [-0.3, -0.25) is 9.60 Å². The number of nitrogens with zero attached hydrogens (tertiary/aromatic N) is 2. The fourth-order valence-electron chi connectivity index (χ4n) is 3.05. The Morgan fingerprint density at radius 3 is 2.50 bits per heavy atom. The fourth-order valence-corrected chi connectivity index (χ4v) is 3.05. The second-order valence-corrected chi connectivity index (χ2v) is 5.91. The van der Waals surface area contributed by atoms with E-state index in [4.69, 9.17) is 12.6 Å². The highest BCUT2D eigenvalue weighted by Crippen LogP contribution is 2.15. The smallest absolute Gasteiger partial charge is 0.113 e. The van der Waals surface area contributed by atoms with Gasteiger partial charge in [0.05, 0.1) is 12.7 Å². The van der Waals surface area contributed by atoms with Crippen molar-refractivity contribution in [1.29, 1.82) is 0 Å². The molecule has 2 fully saturated rings. The maximum absolute atomic E-state index is 5.76. The molecule has 1 aromatic carbocycles. The molecule has 22 heavy (non-hydrogen) atoms. The van der Waals surface area contributed by atoms with Crippen molar-refractivity contribution in [2.24, 2.45) is 0 Å². The fraction of sp³-hybridized carbons (Fsp3) is 0.625. The van der Waals surface area contributed by atoms with Gasteiger partial charge in [0, 0.05) is 51.5 Å². The van der Waals surface area contributed by atoms with E-state index < -0.39 is 0 Å². The molecule has 2 aliphatic heterocycles. The van der Waals surface area contributed by atoms with E-state index in [0.29, 0.717) is 6.10 Å². The van der Waals surface area contributed by atoms with Crippen LogP contribution in [0.2, 0.25) is 0 Å². The third-order valence-electron chi connectivity index (χ3n) is 4.40. The molecule has 2 aliphatic rings. The standard InChI is InChI=1S/C16H24BN3O.FH/c17-14-1-3-15(4-2-14)20-10-8-19(9-11-20)7-5-16-13-18-6-12-21-16;/h1-4,16,18H,5-13H2;1H. The van der Waals surface area contributed by atoms with E-state index in [1.54, 1.807) is 0 Å². The molecule has 0 saturated carbocycles. The number of hydrogen-bond donors (Lipinski definition) is 1. The number of benzene rings is 1. The Bertz CT molecular complexity index is 432. The van der Waals surface area contributed by atoms with E-state index in [-0.39, 0.29) is 4.70 Å². The zero-order chi connectivity index (χ0) is 14.5. The van der Waals surface area contributed by atoms with Crippen LogP contribution in [-0.2, 0) is 4.74 Å². The van der Waals surface area contributed by atoms with Crippen molar-refractivity contribution in [3.05, 3.63) is 24.3 Å². The van der Waals surface area contributed by atoms with Gasteiger partial charge in [0.15, 0.2) is 0 Å².